The quantitative estimate of drug-likeness (QED) is 0.382. The molecule has 9 heteroatoms. The van der Waals surface area contributed by atoms with Gasteiger partial charge in [-0.25, -0.2) is 9.37 Å². The van der Waals surface area contributed by atoms with Gasteiger partial charge in [0.05, 0.1) is 11.5 Å². The summed E-state index contributed by atoms with van der Waals surface area (Å²) >= 11 is 0. The fourth-order valence-electron chi connectivity index (χ4n) is 4.01. The number of benzene rings is 2. The van der Waals surface area contributed by atoms with Gasteiger partial charge in [0.1, 0.15) is 17.2 Å². The predicted molar refractivity (Wildman–Crippen MR) is 138 cm³/mol. The highest BCUT2D eigenvalue weighted by molar-refractivity contribution is 5.99. The fraction of sp³-hybridized carbons (Fsp3) is 0.333. The fourth-order valence-corrected chi connectivity index (χ4v) is 4.01. The molecule has 1 amide bonds. The third kappa shape index (κ3) is 5.61. The zero-order valence-corrected chi connectivity index (χ0v) is 20.9. The zero-order valence-electron chi connectivity index (χ0n) is 20.9. The SMILES string of the molecule is CC(C)NC(=O)c1cnc(Nc2ccc3c(c2)CCNC3)nc1Nc1ccc(F)c(C(C)(C)C#N)c1. The first-order chi connectivity index (χ1) is 17.2. The highest BCUT2D eigenvalue weighted by Gasteiger charge is 2.25. The standard InChI is InChI=1S/C27H30FN7O/c1-16(2)32-25(36)21-14-31-26(34-19-6-5-18-13-30-10-9-17(18)11-19)35-24(21)33-20-7-8-23(28)22(12-20)27(3,4)15-29/h5-8,11-12,14,16,30H,9-10,13H2,1-4H3,(H,32,36)(H2,31,33,34,35). The maximum Gasteiger partial charge on any atom is 0.256 e. The number of carbonyl (C=O) groups excluding carboxylic acids is 1. The third-order valence-corrected chi connectivity index (χ3v) is 5.98. The van der Waals surface area contributed by atoms with Crippen LogP contribution in [0.2, 0.25) is 0 Å². The number of amides is 1. The molecule has 2 aromatic carbocycles. The largest absolute Gasteiger partial charge is 0.350 e. The van der Waals surface area contributed by atoms with Gasteiger partial charge < -0.3 is 21.3 Å². The molecule has 1 aliphatic rings. The number of aromatic nitrogens is 2. The van der Waals surface area contributed by atoms with Crippen LogP contribution in [0.4, 0.5) is 27.5 Å². The Kier molecular flexibility index (Phi) is 7.17. The van der Waals surface area contributed by atoms with Crippen LogP contribution in [-0.2, 0) is 18.4 Å². The molecule has 1 aliphatic heterocycles. The van der Waals surface area contributed by atoms with Gasteiger partial charge in [0.2, 0.25) is 5.95 Å². The van der Waals surface area contributed by atoms with Crippen LogP contribution in [0.15, 0.2) is 42.6 Å². The van der Waals surface area contributed by atoms with Gasteiger partial charge in [-0.15, -0.1) is 0 Å². The van der Waals surface area contributed by atoms with Crippen LogP contribution < -0.4 is 21.3 Å². The summed E-state index contributed by atoms with van der Waals surface area (Å²) in [5, 5.41) is 22.0. The summed E-state index contributed by atoms with van der Waals surface area (Å²) in [5.74, 6) is -0.232. The number of hydrogen-bond acceptors (Lipinski definition) is 7. The molecule has 3 aromatic rings. The lowest BCUT2D eigenvalue weighted by atomic mass is 9.85. The minimum atomic E-state index is -1.03. The van der Waals surface area contributed by atoms with E-state index in [4.69, 9.17) is 0 Å². The molecular weight excluding hydrogens is 457 g/mol. The third-order valence-electron chi connectivity index (χ3n) is 5.98. The molecule has 0 radical (unpaired) electrons. The highest BCUT2D eigenvalue weighted by atomic mass is 19.1. The predicted octanol–water partition coefficient (Wildman–Crippen LogP) is 4.69. The lowest BCUT2D eigenvalue weighted by Crippen LogP contribution is -2.31. The van der Waals surface area contributed by atoms with E-state index in [1.165, 1.54) is 23.4 Å². The van der Waals surface area contributed by atoms with Crippen LogP contribution >= 0.6 is 0 Å². The second-order valence-electron chi connectivity index (χ2n) is 9.68. The van der Waals surface area contributed by atoms with Crippen LogP contribution in [0.3, 0.4) is 0 Å². The van der Waals surface area contributed by atoms with Crippen LogP contribution in [0.1, 0.15) is 54.7 Å². The summed E-state index contributed by atoms with van der Waals surface area (Å²) in [4.78, 5) is 21.8. The van der Waals surface area contributed by atoms with Crippen molar-refractivity contribution < 1.29 is 9.18 Å². The van der Waals surface area contributed by atoms with E-state index in [1.54, 1.807) is 26.0 Å². The number of fused-ring (bicyclic) bond motifs is 1. The monoisotopic (exact) mass is 487 g/mol. The van der Waals surface area contributed by atoms with Gasteiger partial charge in [0.15, 0.2) is 0 Å². The first kappa shape index (κ1) is 25.1. The number of rotatable bonds is 7. The van der Waals surface area contributed by atoms with Crippen LogP contribution in [0, 0.1) is 17.1 Å². The van der Waals surface area contributed by atoms with E-state index in [9.17, 15) is 14.4 Å². The number of carbonyl (C=O) groups is 1. The summed E-state index contributed by atoms with van der Waals surface area (Å²) < 4.78 is 14.5. The first-order valence-electron chi connectivity index (χ1n) is 11.9. The maximum atomic E-state index is 14.5. The van der Waals surface area contributed by atoms with E-state index >= 15 is 0 Å². The Bertz CT molecular complexity index is 1330. The molecule has 2 heterocycles. The average Bonchev–Trinajstić information content (AvgIpc) is 2.84. The molecule has 0 atom stereocenters. The number of nitrogens with one attached hydrogen (secondary N) is 4. The van der Waals surface area contributed by atoms with E-state index in [0.29, 0.717) is 11.6 Å². The number of anilines is 4. The zero-order chi connectivity index (χ0) is 25.9. The van der Waals surface area contributed by atoms with E-state index < -0.39 is 11.2 Å². The van der Waals surface area contributed by atoms with Crippen LogP contribution in [0.5, 0.6) is 0 Å². The Morgan fingerprint density at radius 3 is 2.64 bits per heavy atom. The van der Waals surface area contributed by atoms with Crippen molar-refractivity contribution in [1.82, 2.24) is 20.6 Å². The second-order valence-corrected chi connectivity index (χ2v) is 9.68. The minimum Gasteiger partial charge on any atom is -0.350 e. The van der Waals surface area contributed by atoms with Gasteiger partial charge in [-0.1, -0.05) is 6.07 Å². The lowest BCUT2D eigenvalue weighted by molar-refractivity contribution is 0.0943. The molecule has 0 unspecified atom stereocenters. The molecule has 4 rings (SSSR count). The molecule has 8 nitrogen and oxygen atoms in total. The molecule has 4 N–H and O–H groups in total. The summed E-state index contributed by atoms with van der Waals surface area (Å²) in [5.41, 5.74) is 3.35. The first-order valence-corrected chi connectivity index (χ1v) is 11.9. The molecule has 0 fully saturated rings. The molecular formula is C27H30FN7O. The van der Waals surface area contributed by atoms with Crippen molar-refractivity contribution in [2.45, 2.75) is 52.1 Å². The van der Waals surface area contributed by atoms with Gasteiger partial charge >= 0.3 is 0 Å². The number of hydrogen-bond donors (Lipinski definition) is 4. The van der Waals surface area contributed by atoms with Crippen molar-refractivity contribution in [2.75, 3.05) is 17.2 Å². The number of nitriles is 1. The van der Waals surface area contributed by atoms with Crippen molar-refractivity contribution in [3.63, 3.8) is 0 Å². The molecule has 0 aliphatic carbocycles. The highest BCUT2D eigenvalue weighted by Crippen LogP contribution is 2.30. The molecule has 1 aromatic heterocycles. The molecule has 0 bridgehead atoms. The minimum absolute atomic E-state index is 0.0815. The second kappa shape index (κ2) is 10.3. The maximum absolute atomic E-state index is 14.5. The molecule has 0 saturated heterocycles. The molecule has 36 heavy (non-hydrogen) atoms. The summed E-state index contributed by atoms with van der Waals surface area (Å²) in [7, 11) is 0. The van der Waals surface area contributed by atoms with Crippen molar-refractivity contribution in [3.8, 4) is 6.07 Å². The van der Waals surface area contributed by atoms with Gasteiger partial charge in [0, 0.05) is 35.7 Å². The number of halogens is 1. The van der Waals surface area contributed by atoms with Gasteiger partial charge in [-0.05, 0) is 82.1 Å². The Morgan fingerprint density at radius 2 is 1.89 bits per heavy atom. The number of nitrogens with zero attached hydrogens (tertiary/aromatic N) is 3. The van der Waals surface area contributed by atoms with Crippen molar-refractivity contribution in [2.24, 2.45) is 0 Å². The normalized spacial score (nSPS) is 13.0. The molecule has 186 valence electrons. The van der Waals surface area contributed by atoms with Crippen LogP contribution in [0.25, 0.3) is 0 Å². The van der Waals surface area contributed by atoms with E-state index in [-0.39, 0.29) is 28.9 Å². The van der Waals surface area contributed by atoms with Gasteiger partial charge in [0.25, 0.3) is 5.91 Å². The summed E-state index contributed by atoms with van der Waals surface area (Å²) in [6.45, 7) is 8.81. The van der Waals surface area contributed by atoms with E-state index in [0.717, 1.165) is 25.2 Å². The Hall–Kier alpha value is -4.03. The lowest BCUT2D eigenvalue weighted by Gasteiger charge is -2.19. The average molecular weight is 488 g/mol. The van der Waals surface area contributed by atoms with Crippen molar-refractivity contribution >= 4 is 29.0 Å². The Balaban J connectivity index is 1.68. The summed E-state index contributed by atoms with van der Waals surface area (Å²) in [6, 6.07) is 12.6. The Labute approximate surface area is 210 Å². The Morgan fingerprint density at radius 1 is 1.14 bits per heavy atom. The smallest absolute Gasteiger partial charge is 0.256 e. The van der Waals surface area contributed by atoms with E-state index in [1.807, 2.05) is 19.9 Å². The van der Waals surface area contributed by atoms with Crippen molar-refractivity contribution in [3.05, 3.63) is 70.7 Å². The van der Waals surface area contributed by atoms with Gasteiger partial charge in [-0.3, -0.25) is 4.79 Å². The van der Waals surface area contributed by atoms with Crippen LogP contribution in [-0.4, -0.2) is 28.5 Å². The van der Waals surface area contributed by atoms with Crippen molar-refractivity contribution in [1.29, 1.82) is 5.26 Å². The topological polar surface area (TPSA) is 115 Å². The summed E-state index contributed by atoms with van der Waals surface area (Å²) in [6.07, 6.45) is 2.40. The molecule has 0 spiro atoms. The molecule has 0 saturated carbocycles. The van der Waals surface area contributed by atoms with Gasteiger partial charge in [-0.2, -0.15) is 10.2 Å². The van der Waals surface area contributed by atoms with E-state index in [2.05, 4.69) is 49.4 Å².